The van der Waals surface area contributed by atoms with Gasteiger partial charge in [0, 0.05) is 0 Å². The van der Waals surface area contributed by atoms with E-state index in [0.29, 0.717) is 23.3 Å². The summed E-state index contributed by atoms with van der Waals surface area (Å²) < 4.78 is 22.8. The van der Waals surface area contributed by atoms with Crippen LogP contribution in [0.5, 0.6) is 0 Å². The summed E-state index contributed by atoms with van der Waals surface area (Å²) in [5.74, 6) is 1.90. The lowest BCUT2D eigenvalue weighted by Gasteiger charge is -2.19. The van der Waals surface area contributed by atoms with Crippen LogP contribution in [-0.4, -0.2) is 19.9 Å². The smallest absolute Gasteiger partial charge is 0.151 e. The van der Waals surface area contributed by atoms with Crippen molar-refractivity contribution in [2.24, 2.45) is 17.3 Å². The Hall–Kier alpha value is -0.0500. The number of rotatable bonds is 1. The Morgan fingerprint density at radius 2 is 1.92 bits per heavy atom. The van der Waals surface area contributed by atoms with Gasteiger partial charge in [-0.05, 0) is 30.1 Å². The Morgan fingerprint density at radius 1 is 1.33 bits per heavy atom. The third-order valence-electron chi connectivity index (χ3n) is 3.42. The van der Waals surface area contributed by atoms with Crippen LogP contribution in [0.15, 0.2) is 0 Å². The first-order valence-corrected chi connectivity index (χ1v) is 6.48. The molecule has 1 aliphatic carbocycles. The first kappa shape index (κ1) is 8.54. The third-order valence-corrected chi connectivity index (χ3v) is 5.31. The van der Waals surface area contributed by atoms with Crippen LogP contribution in [0.4, 0.5) is 0 Å². The monoisotopic (exact) mass is 188 g/mol. The van der Waals surface area contributed by atoms with Crippen molar-refractivity contribution in [3.05, 3.63) is 0 Å². The fourth-order valence-corrected chi connectivity index (χ4v) is 5.41. The van der Waals surface area contributed by atoms with Gasteiger partial charge in [0.15, 0.2) is 9.84 Å². The van der Waals surface area contributed by atoms with Crippen LogP contribution in [0.2, 0.25) is 0 Å². The largest absolute Gasteiger partial charge is 0.229 e. The predicted octanol–water partition coefficient (Wildman–Crippen LogP) is 1.47. The molecule has 0 amide bonds. The maximum Gasteiger partial charge on any atom is 0.151 e. The van der Waals surface area contributed by atoms with Gasteiger partial charge in [-0.1, -0.05) is 13.8 Å². The highest BCUT2D eigenvalue weighted by Gasteiger charge is 2.58. The van der Waals surface area contributed by atoms with E-state index in [4.69, 9.17) is 0 Å². The van der Waals surface area contributed by atoms with Crippen LogP contribution in [0.3, 0.4) is 0 Å². The molecule has 2 nitrogen and oxygen atoms in total. The van der Waals surface area contributed by atoms with E-state index in [1.807, 2.05) is 0 Å². The lowest BCUT2D eigenvalue weighted by atomic mass is 9.84. The highest BCUT2D eigenvalue weighted by Crippen LogP contribution is 2.59. The van der Waals surface area contributed by atoms with Crippen LogP contribution in [0.1, 0.15) is 26.7 Å². The zero-order chi connectivity index (χ0) is 8.98. The predicted molar refractivity (Wildman–Crippen MR) is 48.6 cm³/mol. The lowest BCUT2D eigenvalue weighted by Crippen LogP contribution is -2.18. The van der Waals surface area contributed by atoms with E-state index < -0.39 is 9.84 Å². The molecule has 1 heterocycles. The van der Waals surface area contributed by atoms with Gasteiger partial charge in [-0.2, -0.15) is 0 Å². The van der Waals surface area contributed by atoms with Crippen molar-refractivity contribution in [1.82, 2.24) is 0 Å². The molecule has 0 N–H and O–H groups in total. The van der Waals surface area contributed by atoms with E-state index in [-0.39, 0.29) is 5.41 Å². The van der Waals surface area contributed by atoms with Gasteiger partial charge in [0.2, 0.25) is 0 Å². The van der Waals surface area contributed by atoms with Crippen molar-refractivity contribution in [2.75, 3.05) is 11.5 Å². The van der Waals surface area contributed by atoms with Crippen molar-refractivity contribution in [3.63, 3.8) is 0 Å². The molecule has 1 aliphatic heterocycles. The van der Waals surface area contributed by atoms with Crippen LogP contribution >= 0.6 is 0 Å². The summed E-state index contributed by atoms with van der Waals surface area (Å²) in [6.45, 7) is 4.29. The minimum absolute atomic E-state index is 0.229. The number of hydrogen-bond acceptors (Lipinski definition) is 2. The van der Waals surface area contributed by atoms with E-state index in [1.165, 1.54) is 0 Å². The van der Waals surface area contributed by atoms with Crippen molar-refractivity contribution in [3.8, 4) is 0 Å². The van der Waals surface area contributed by atoms with Crippen LogP contribution in [-0.2, 0) is 9.84 Å². The Kier molecular flexibility index (Phi) is 1.60. The van der Waals surface area contributed by atoms with Gasteiger partial charge in [-0.3, -0.25) is 0 Å². The maximum absolute atomic E-state index is 11.4. The SMILES string of the molecule is CC(C)[C@@H]1CS(=O)(=O)CC12CC2. The van der Waals surface area contributed by atoms with E-state index in [9.17, 15) is 8.42 Å². The van der Waals surface area contributed by atoms with E-state index in [2.05, 4.69) is 13.8 Å². The average molecular weight is 188 g/mol. The minimum Gasteiger partial charge on any atom is -0.229 e. The molecule has 2 aliphatic rings. The second-order valence-electron chi connectivity index (χ2n) is 4.77. The summed E-state index contributed by atoms with van der Waals surface area (Å²) in [6, 6.07) is 0. The Labute approximate surface area is 74.3 Å². The van der Waals surface area contributed by atoms with Crippen molar-refractivity contribution < 1.29 is 8.42 Å². The summed E-state index contributed by atoms with van der Waals surface area (Å²) >= 11 is 0. The Balaban J connectivity index is 2.26. The molecule has 2 fully saturated rings. The van der Waals surface area contributed by atoms with Gasteiger partial charge in [0.05, 0.1) is 11.5 Å². The minimum atomic E-state index is -2.69. The normalized spacial score (nSPS) is 36.1. The second kappa shape index (κ2) is 2.25. The molecule has 0 radical (unpaired) electrons. The molecule has 0 bridgehead atoms. The number of hydrogen-bond donors (Lipinski definition) is 0. The topological polar surface area (TPSA) is 34.1 Å². The first-order chi connectivity index (χ1) is 5.45. The standard InChI is InChI=1S/C9H16O2S/c1-7(2)8-5-12(10,11)6-9(8)3-4-9/h7-8H,3-6H2,1-2H3/t8-/m0/s1. The van der Waals surface area contributed by atoms with Gasteiger partial charge >= 0.3 is 0 Å². The molecular formula is C9H16O2S. The van der Waals surface area contributed by atoms with E-state index in [1.54, 1.807) is 0 Å². The summed E-state index contributed by atoms with van der Waals surface area (Å²) in [5, 5.41) is 0. The van der Waals surface area contributed by atoms with Gasteiger partial charge in [0.1, 0.15) is 0 Å². The molecule has 12 heavy (non-hydrogen) atoms. The highest BCUT2D eigenvalue weighted by molar-refractivity contribution is 7.91. The van der Waals surface area contributed by atoms with Crippen LogP contribution in [0, 0.1) is 17.3 Å². The van der Waals surface area contributed by atoms with Gasteiger partial charge in [0.25, 0.3) is 0 Å². The molecule has 2 rings (SSSR count). The molecule has 0 aromatic carbocycles. The molecule has 1 spiro atoms. The summed E-state index contributed by atoms with van der Waals surface area (Å²) in [5.41, 5.74) is 0.229. The molecule has 1 saturated heterocycles. The fraction of sp³-hybridized carbons (Fsp3) is 1.00. The zero-order valence-corrected chi connectivity index (χ0v) is 8.52. The van der Waals surface area contributed by atoms with Crippen molar-refractivity contribution in [2.45, 2.75) is 26.7 Å². The van der Waals surface area contributed by atoms with Crippen LogP contribution in [0.25, 0.3) is 0 Å². The molecular weight excluding hydrogens is 172 g/mol. The molecule has 3 heteroatoms. The molecule has 1 saturated carbocycles. The maximum atomic E-state index is 11.4. The third kappa shape index (κ3) is 1.18. The van der Waals surface area contributed by atoms with Crippen LogP contribution < -0.4 is 0 Å². The zero-order valence-electron chi connectivity index (χ0n) is 7.71. The van der Waals surface area contributed by atoms with Gasteiger partial charge in [-0.25, -0.2) is 8.42 Å². The molecule has 70 valence electrons. The highest BCUT2D eigenvalue weighted by atomic mass is 32.2. The Morgan fingerprint density at radius 3 is 2.25 bits per heavy atom. The van der Waals surface area contributed by atoms with E-state index in [0.717, 1.165) is 12.8 Å². The lowest BCUT2D eigenvalue weighted by molar-refractivity contribution is 0.301. The summed E-state index contributed by atoms with van der Waals surface area (Å²) in [6.07, 6.45) is 2.30. The van der Waals surface area contributed by atoms with Gasteiger partial charge in [-0.15, -0.1) is 0 Å². The second-order valence-corrected chi connectivity index (χ2v) is 6.88. The molecule has 0 aromatic rings. The number of sulfone groups is 1. The van der Waals surface area contributed by atoms with Crippen molar-refractivity contribution in [1.29, 1.82) is 0 Å². The molecule has 0 aromatic heterocycles. The average Bonchev–Trinajstić information content (AvgIpc) is 2.56. The summed E-state index contributed by atoms with van der Waals surface area (Å²) in [7, 11) is -2.69. The first-order valence-electron chi connectivity index (χ1n) is 4.66. The molecule has 1 atom stereocenters. The fourth-order valence-electron chi connectivity index (χ4n) is 2.63. The molecule has 0 unspecified atom stereocenters. The van der Waals surface area contributed by atoms with Gasteiger partial charge < -0.3 is 0 Å². The quantitative estimate of drug-likeness (QED) is 0.624. The van der Waals surface area contributed by atoms with Crippen molar-refractivity contribution >= 4 is 9.84 Å². The van der Waals surface area contributed by atoms with E-state index >= 15 is 0 Å². The Bertz CT molecular complexity index is 286. The summed E-state index contributed by atoms with van der Waals surface area (Å²) in [4.78, 5) is 0.